The van der Waals surface area contributed by atoms with E-state index >= 15 is 0 Å². The number of carboxylic acid groups (broad SMARTS) is 2. The van der Waals surface area contributed by atoms with Crippen LogP contribution in [0.3, 0.4) is 0 Å². The van der Waals surface area contributed by atoms with Crippen molar-refractivity contribution >= 4 is 18.0 Å². The van der Waals surface area contributed by atoms with Crippen molar-refractivity contribution in [2.24, 2.45) is 0 Å². The summed E-state index contributed by atoms with van der Waals surface area (Å²) >= 11 is 0. The van der Waals surface area contributed by atoms with Gasteiger partial charge in [0.25, 0.3) is 0 Å². The molecule has 0 unspecified atom stereocenters. The molecule has 3 aromatic rings. The maximum absolute atomic E-state index is 13.7. The van der Waals surface area contributed by atoms with Gasteiger partial charge >= 0.3 is 24.2 Å². The summed E-state index contributed by atoms with van der Waals surface area (Å²) in [5.74, 6) is -2.37. The van der Waals surface area contributed by atoms with Crippen LogP contribution in [0.4, 0.5) is 18.0 Å². The lowest BCUT2D eigenvalue weighted by molar-refractivity contribution is -0.139. The van der Waals surface area contributed by atoms with Gasteiger partial charge < -0.3 is 19.7 Å². The van der Waals surface area contributed by atoms with Crippen LogP contribution in [0.5, 0.6) is 5.75 Å². The Morgan fingerprint density at radius 3 is 2.33 bits per heavy atom. The Morgan fingerprint density at radius 1 is 0.974 bits per heavy atom. The van der Waals surface area contributed by atoms with Crippen molar-refractivity contribution in [1.82, 2.24) is 4.90 Å². The van der Waals surface area contributed by atoms with Gasteiger partial charge in [-0.1, -0.05) is 42.5 Å². The number of hydrogen-bond acceptors (Lipinski definition) is 5. The minimum atomic E-state index is -4.68. The Morgan fingerprint density at radius 2 is 1.69 bits per heavy atom. The lowest BCUT2D eigenvalue weighted by Gasteiger charge is -2.24. The molecule has 204 valence electrons. The molecule has 0 saturated carbocycles. The van der Waals surface area contributed by atoms with Gasteiger partial charge in [-0.15, -0.1) is 0 Å². The molecule has 39 heavy (non-hydrogen) atoms. The first-order chi connectivity index (χ1) is 18.4. The minimum absolute atomic E-state index is 0.0340. The van der Waals surface area contributed by atoms with E-state index in [2.05, 4.69) is 0 Å². The van der Waals surface area contributed by atoms with Crippen molar-refractivity contribution in [3.63, 3.8) is 0 Å². The quantitative estimate of drug-likeness (QED) is 0.364. The van der Waals surface area contributed by atoms with Crippen LogP contribution in [0.2, 0.25) is 0 Å². The number of cyclic esters (lactones) is 1. The number of amides is 1. The summed E-state index contributed by atoms with van der Waals surface area (Å²) in [4.78, 5) is 36.6. The number of aliphatic carboxylic acids is 2. The molecule has 1 amide bonds. The number of carboxylic acids is 2. The van der Waals surface area contributed by atoms with Crippen molar-refractivity contribution in [2.75, 3.05) is 6.61 Å². The molecule has 3 aromatic carbocycles. The molecule has 0 spiro atoms. The summed E-state index contributed by atoms with van der Waals surface area (Å²) in [6.07, 6.45) is -6.40. The van der Waals surface area contributed by atoms with Gasteiger partial charge in [-0.3, -0.25) is 9.69 Å². The number of alkyl halides is 3. The van der Waals surface area contributed by atoms with Crippen LogP contribution in [-0.2, 0) is 33.5 Å². The highest BCUT2D eigenvalue weighted by atomic mass is 19.4. The number of benzene rings is 3. The van der Waals surface area contributed by atoms with Crippen molar-refractivity contribution in [3.8, 4) is 16.9 Å². The highest BCUT2D eigenvalue weighted by molar-refractivity contribution is 5.78. The summed E-state index contributed by atoms with van der Waals surface area (Å²) in [6, 6.07) is 15.6. The van der Waals surface area contributed by atoms with Crippen LogP contribution < -0.4 is 4.74 Å². The normalized spacial score (nSPS) is 17.1. The summed E-state index contributed by atoms with van der Waals surface area (Å²) in [7, 11) is 0. The number of nitrogens with zero attached hydrogens (tertiary/aromatic N) is 1. The Kier molecular flexibility index (Phi) is 7.80. The predicted octanol–water partition coefficient (Wildman–Crippen LogP) is 5.54. The molecular weight excluding hydrogens is 519 g/mol. The van der Waals surface area contributed by atoms with E-state index in [1.165, 1.54) is 29.2 Å². The standard InChI is InChI=1S/C28H24F3NO7/c1-16-26(18-5-3-2-4-6-18)39-27(37)32(16)14-19-13-20(28(29,30)31)8-9-21(19)22-11-17(12-24(33)34)7-10-23(22)38-15-25(35)36/h2-11,13,16,26H,12,14-15H2,1H3,(H,33,34)(H,35,36)/t16-,26-/m0/s1. The van der Waals surface area contributed by atoms with E-state index in [0.29, 0.717) is 5.56 Å². The maximum atomic E-state index is 13.7. The zero-order valence-corrected chi connectivity index (χ0v) is 20.6. The Bertz CT molecular complexity index is 1390. The predicted molar refractivity (Wildman–Crippen MR) is 132 cm³/mol. The third-order valence-corrected chi connectivity index (χ3v) is 6.33. The van der Waals surface area contributed by atoms with Crippen molar-refractivity contribution in [1.29, 1.82) is 0 Å². The Labute approximate surface area is 221 Å². The molecule has 1 aliphatic rings. The van der Waals surface area contributed by atoms with Crippen molar-refractivity contribution < 1.29 is 47.2 Å². The van der Waals surface area contributed by atoms with E-state index in [1.54, 1.807) is 37.3 Å². The van der Waals surface area contributed by atoms with Crippen LogP contribution in [-0.4, -0.2) is 45.8 Å². The van der Waals surface area contributed by atoms with Crippen LogP contribution in [0.15, 0.2) is 66.7 Å². The van der Waals surface area contributed by atoms with Crippen molar-refractivity contribution in [2.45, 2.75) is 38.2 Å². The molecule has 1 fully saturated rings. The molecule has 0 bridgehead atoms. The second-order valence-electron chi connectivity index (χ2n) is 9.04. The van der Waals surface area contributed by atoms with E-state index in [4.69, 9.17) is 14.6 Å². The number of ether oxygens (including phenoxy) is 2. The molecule has 0 aliphatic carbocycles. The fourth-order valence-electron chi connectivity index (χ4n) is 4.49. The zero-order chi connectivity index (χ0) is 28.3. The summed E-state index contributed by atoms with van der Waals surface area (Å²) in [5, 5.41) is 18.3. The number of hydrogen-bond donors (Lipinski definition) is 2. The van der Waals surface area contributed by atoms with Gasteiger partial charge in [0, 0.05) is 5.56 Å². The lowest BCUT2D eigenvalue weighted by Crippen LogP contribution is -2.31. The van der Waals surface area contributed by atoms with E-state index in [-0.39, 0.29) is 35.4 Å². The largest absolute Gasteiger partial charge is 0.481 e. The van der Waals surface area contributed by atoms with Gasteiger partial charge in [0.2, 0.25) is 0 Å². The minimum Gasteiger partial charge on any atom is -0.481 e. The first kappa shape index (κ1) is 27.5. The second-order valence-corrected chi connectivity index (χ2v) is 9.04. The Balaban J connectivity index is 1.79. The zero-order valence-electron chi connectivity index (χ0n) is 20.6. The number of rotatable bonds is 9. The van der Waals surface area contributed by atoms with Crippen LogP contribution in [0.1, 0.15) is 35.3 Å². The molecule has 1 aliphatic heterocycles. The van der Waals surface area contributed by atoms with E-state index in [1.807, 2.05) is 0 Å². The molecular formula is C28H24F3NO7. The maximum Gasteiger partial charge on any atom is 0.416 e. The van der Waals surface area contributed by atoms with E-state index in [9.17, 15) is 32.7 Å². The first-order valence-corrected chi connectivity index (χ1v) is 11.9. The highest BCUT2D eigenvalue weighted by Gasteiger charge is 2.40. The van der Waals surface area contributed by atoms with Crippen molar-refractivity contribution in [3.05, 3.63) is 89.0 Å². The molecule has 2 atom stereocenters. The first-order valence-electron chi connectivity index (χ1n) is 11.9. The molecule has 8 nitrogen and oxygen atoms in total. The molecule has 11 heteroatoms. The topological polar surface area (TPSA) is 113 Å². The molecule has 2 N–H and O–H groups in total. The smallest absolute Gasteiger partial charge is 0.416 e. The molecule has 0 aromatic heterocycles. The van der Waals surface area contributed by atoms with Gasteiger partial charge in [-0.05, 0) is 53.4 Å². The second kappa shape index (κ2) is 11.1. The summed E-state index contributed by atoms with van der Waals surface area (Å²) in [6.45, 7) is 0.740. The lowest BCUT2D eigenvalue weighted by atomic mass is 9.93. The van der Waals surface area contributed by atoms with Gasteiger partial charge in [0.05, 0.1) is 24.6 Å². The SMILES string of the molecule is C[C@H]1[C@@H](c2ccccc2)OC(=O)N1Cc1cc(C(F)(F)F)ccc1-c1cc(CC(=O)O)ccc1OCC(=O)O. The van der Waals surface area contributed by atoms with Gasteiger partial charge in [0.1, 0.15) is 11.9 Å². The monoisotopic (exact) mass is 543 g/mol. The van der Waals surface area contributed by atoms with Gasteiger partial charge in [-0.2, -0.15) is 13.2 Å². The third kappa shape index (κ3) is 6.31. The average Bonchev–Trinajstić information content (AvgIpc) is 3.16. The van der Waals surface area contributed by atoms with Gasteiger partial charge in [0.15, 0.2) is 6.61 Å². The molecule has 4 rings (SSSR count). The highest BCUT2D eigenvalue weighted by Crippen LogP contribution is 2.40. The number of carbonyl (C=O) groups is 3. The average molecular weight is 543 g/mol. The summed E-state index contributed by atoms with van der Waals surface area (Å²) < 4.78 is 52.0. The van der Waals surface area contributed by atoms with E-state index in [0.717, 1.165) is 17.7 Å². The summed E-state index contributed by atoms with van der Waals surface area (Å²) in [5.41, 5.74) is 0.614. The third-order valence-electron chi connectivity index (χ3n) is 6.33. The fraction of sp³-hybridized carbons (Fsp3) is 0.250. The van der Waals surface area contributed by atoms with Crippen LogP contribution >= 0.6 is 0 Å². The molecule has 0 radical (unpaired) electrons. The van der Waals surface area contributed by atoms with Gasteiger partial charge in [-0.25, -0.2) is 9.59 Å². The number of carbonyl (C=O) groups excluding carboxylic acids is 1. The molecule has 1 saturated heterocycles. The van der Waals surface area contributed by atoms with E-state index < -0.39 is 48.5 Å². The van der Waals surface area contributed by atoms with Crippen LogP contribution in [0, 0.1) is 0 Å². The fourth-order valence-corrected chi connectivity index (χ4v) is 4.49. The molecule has 1 heterocycles. The Hall–Kier alpha value is -4.54. The van der Waals surface area contributed by atoms with Crippen LogP contribution in [0.25, 0.3) is 11.1 Å². The number of halogens is 3.